The first kappa shape index (κ1) is 45.2. The Hall–Kier alpha value is -1.94. The SMILES string of the molecule is [B]C1CC(OCC2OC(C)CC2OC(=O)OC(C)c2ccccc2[N+](=O)[O-])C(COP(=O)(O)OC2CC([B])OC2COP(=O)(O)OC2CC([B])OC2COC)O1. The van der Waals surface area contributed by atoms with E-state index in [9.17, 15) is 33.8 Å². The van der Waals surface area contributed by atoms with Crippen molar-refractivity contribution >= 4 is 51.0 Å². The molecule has 0 bridgehead atoms. The number of nitro benzene ring substituents is 1. The van der Waals surface area contributed by atoms with Gasteiger partial charge in [0.25, 0.3) is 5.69 Å². The van der Waals surface area contributed by atoms with Crippen LogP contribution in [0, 0.1) is 10.1 Å². The predicted molar refractivity (Wildman–Crippen MR) is 192 cm³/mol. The van der Waals surface area contributed by atoms with Gasteiger partial charge in [0.15, 0.2) is 0 Å². The molecule has 6 radical (unpaired) electrons. The van der Waals surface area contributed by atoms with E-state index in [1.165, 1.54) is 32.2 Å². The molecule has 4 aliphatic rings. The molecule has 5 rings (SSSR count). The Morgan fingerprint density at radius 3 is 1.88 bits per heavy atom. The summed E-state index contributed by atoms with van der Waals surface area (Å²) in [6, 6.07) is 3.37. The van der Waals surface area contributed by atoms with Crippen LogP contribution in [0.25, 0.3) is 0 Å². The van der Waals surface area contributed by atoms with Gasteiger partial charge in [-0.1, -0.05) is 12.1 Å². The number of hydrogen-bond donors (Lipinski definition) is 2. The van der Waals surface area contributed by atoms with Gasteiger partial charge in [-0.3, -0.25) is 28.2 Å². The summed E-state index contributed by atoms with van der Waals surface area (Å²) in [6.07, 6.45) is -9.04. The van der Waals surface area contributed by atoms with Gasteiger partial charge in [0.05, 0.1) is 61.3 Å². The maximum atomic E-state index is 13.1. The van der Waals surface area contributed by atoms with E-state index in [-0.39, 0.29) is 49.8 Å². The van der Waals surface area contributed by atoms with Gasteiger partial charge in [-0.25, -0.2) is 13.9 Å². The number of carbonyl (C=O) groups excluding carboxylic acids is 1. The number of phosphoric ester groups is 2. The fourth-order valence-corrected chi connectivity index (χ4v) is 8.67. The molecule has 4 saturated heterocycles. The molecule has 0 saturated carbocycles. The van der Waals surface area contributed by atoms with Gasteiger partial charge >= 0.3 is 21.8 Å². The molecule has 0 spiro atoms. The minimum atomic E-state index is -4.84. The zero-order valence-corrected chi connectivity index (χ0v) is 32.7. The Morgan fingerprint density at radius 1 is 0.821 bits per heavy atom. The number of methoxy groups -OCH3 is 1. The second kappa shape index (κ2) is 19.9. The molecule has 1 aromatic carbocycles. The van der Waals surface area contributed by atoms with E-state index in [0.29, 0.717) is 6.42 Å². The molecule has 25 heteroatoms. The van der Waals surface area contributed by atoms with Crippen molar-refractivity contribution < 1.29 is 84.6 Å². The van der Waals surface area contributed by atoms with Crippen LogP contribution in [-0.2, 0) is 65.1 Å². The molecule has 4 aliphatic heterocycles. The van der Waals surface area contributed by atoms with Crippen LogP contribution in [0.15, 0.2) is 24.3 Å². The van der Waals surface area contributed by atoms with E-state index in [2.05, 4.69) is 0 Å². The van der Waals surface area contributed by atoms with Crippen molar-refractivity contribution in [3.05, 3.63) is 39.9 Å². The van der Waals surface area contributed by atoms with Crippen molar-refractivity contribution in [2.75, 3.05) is 33.5 Å². The number of phosphoric acid groups is 2. The summed E-state index contributed by atoms with van der Waals surface area (Å²) in [5.41, 5.74) is -0.0106. The lowest BCUT2D eigenvalue weighted by Gasteiger charge is -2.26. The lowest BCUT2D eigenvalue weighted by atomic mass is 9.96. The summed E-state index contributed by atoms with van der Waals surface area (Å²) >= 11 is 0. The number of benzene rings is 1. The predicted octanol–water partition coefficient (Wildman–Crippen LogP) is 2.24. The fourth-order valence-electron chi connectivity index (χ4n) is 6.75. The largest absolute Gasteiger partial charge is 0.509 e. The highest BCUT2D eigenvalue weighted by Crippen LogP contribution is 2.50. The molecule has 1 aromatic rings. The molecule has 306 valence electrons. The maximum absolute atomic E-state index is 13.1. The quantitative estimate of drug-likeness (QED) is 0.0667. The highest BCUT2D eigenvalue weighted by molar-refractivity contribution is 7.47. The summed E-state index contributed by atoms with van der Waals surface area (Å²) in [4.78, 5) is 44.5. The zero-order chi connectivity index (χ0) is 40.8. The van der Waals surface area contributed by atoms with Crippen LogP contribution in [0.1, 0.15) is 51.2 Å². The Morgan fingerprint density at radius 2 is 1.32 bits per heavy atom. The Balaban J connectivity index is 1.09. The number of hydrogen-bond acceptors (Lipinski definition) is 17. The third kappa shape index (κ3) is 12.8. The van der Waals surface area contributed by atoms with E-state index >= 15 is 0 Å². The van der Waals surface area contributed by atoms with Crippen molar-refractivity contribution in [3.8, 4) is 0 Å². The summed E-state index contributed by atoms with van der Waals surface area (Å²) in [5.74, 6) is 0. The molecular weight excluding hydrogens is 785 g/mol. The van der Waals surface area contributed by atoms with Gasteiger partial charge < -0.3 is 47.7 Å². The van der Waals surface area contributed by atoms with Crippen molar-refractivity contribution in [1.29, 1.82) is 0 Å². The van der Waals surface area contributed by atoms with Crippen LogP contribution in [0.4, 0.5) is 10.5 Å². The molecule has 56 heavy (non-hydrogen) atoms. The first-order valence-corrected chi connectivity index (χ1v) is 20.8. The highest BCUT2D eigenvalue weighted by Gasteiger charge is 2.45. The third-order valence-electron chi connectivity index (χ3n) is 9.31. The van der Waals surface area contributed by atoms with E-state index in [1.807, 2.05) is 0 Å². The molecular formula is C31H44B3NO19P2. The molecule has 15 atom stereocenters. The lowest BCUT2D eigenvalue weighted by Crippen LogP contribution is -2.36. The molecule has 0 aromatic heterocycles. The molecule has 4 fully saturated rings. The number of ether oxygens (including phenoxy) is 8. The zero-order valence-electron chi connectivity index (χ0n) is 30.9. The van der Waals surface area contributed by atoms with Crippen LogP contribution in [0.3, 0.4) is 0 Å². The fraction of sp³-hybridized carbons (Fsp3) is 0.774. The minimum absolute atomic E-state index is 0.0565. The number of nitro groups is 1. The van der Waals surface area contributed by atoms with Crippen LogP contribution < -0.4 is 0 Å². The van der Waals surface area contributed by atoms with Gasteiger partial charge in [-0.15, -0.1) is 0 Å². The number of carbonyl (C=O) groups is 1. The van der Waals surface area contributed by atoms with E-state index in [0.717, 1.165) is 0 Å². The first-order valence-electron chi connectivity index (χ1n) is 17.8. The number of para-hydroxylation sites is 1. The van der Waals surface area contributed by atoms with Gasteiger partial charge in [0.2, 0.25) is 0 Å². The number of nitrogens with zero attached hydrogens (tertiary/aromatic N) is 1. The van der Waals surface area contributed by atoms with Crippen LogP contribution >= 0.6 is 15.6 Å². The minimum Gasteiger partial charge on any atom is -0.428 e. The monoisotopic (exact) mass is 829 g/mol. The van der Waals surface area contributed by atoms with Gasteiger partial charge in [-0.05, 0) is 39.2 Å². The van der Waals surface area contributed by atoms with E-state index in [1.54, 1.807) is 13.0 Å². The van der Waals surface area contributed by atoms with Gasteiger partial charge in [-0.2, -0.15) is 0 Å². The van der Waals surface area contributed by atoms with Crippen molar-refractivity contribution in [2.45, 2.75) is 119 Å². The normalized spacial score (nSPS) is 35.8. The first-order chi connectivity index (χ1) is 26.4. The number of rotatable bonds is 19. The smallest absolute Gasteiger partial charge is 0.428 e. The van der Waals surface area contributed by atoms with Gasteiger partial charge in [0.1, 0.15) is 60.2 Å². The third-order valence-corrected chi connectivity index (χ3v) is 11.3. The second-order valence-electron chi connectivity index (χ2n) is 13.7. The standard InChI is InChI=1S/C31H44B3NO19P2/c1-16-8-21(52-31(36)48-17(2)18-6-4-5-7-19(18)35(37)38)25(47-16)13-44-20-9-28(32)50-26(20)14-45-55(39,40)54-23-11-30(34)51-27(23)15-46-56(41,42)53-22-10-29(33)49-24(22)12-43-3/h4-7,16-17,20-30H,8-15H2,1-3H3,(H,39,40)(H,41,42). The van der Waals surface area contributed by atoms with Crippen LogP contribution in [0.5, 0.6) is 0 Å². The topological polar surface area (TPSA) is 246 Å². The van der Waals surface area contributed by atoms with Gasteiger partial charge in [0, 0.05) is 37.6 Å². The molecule has 20 nitrogen and oxygen atoms in total. The molecule has 15 unspecified atom stereocenters. The van der Waals surface area contributed by atoms with Crippen LogP contribution in [0.2, 0.25) is 0 Å². The second-order valence-corrected chi connectivity index (χ2v) is 16.5. The molecule has 0 aliphatic carbocycles. The van der Waals surface area contributed by atoms with Crippen molar-refractivity contribution in [2.24, 2.45) is 0 Å². The summed E-state index contributed by atoms with van der Waals surface area (Å²) in [6.45, 7) is 2.11. The average molecular weight is 829 g/mol. The Labute approximate surface area is 327 Å². The lowest BCUT2D eigenvalue weighted by molar-refractivity contribution is -0.386. The van der Waals surface area contributed by atoms with E-state index in [4.69, 9.17) is 79.5 Å². The Kier molecular flexibility index (Phi) is 16.0. The van der Waals surface area contributed by atoms with E-state index < -0.39 is 113 Å². The van der Waals surface area contributed by atoms with Crippen molar-refractivity contribution in [1.82, 2.24) is 0 Å². The summed E-state index contributed by atoms with van der Waals surface area (Å²) < 4.78 is 91.1. The summed E-state index contributed by atoms with van der Waals surface area (Å²) in [5, 5.41) is 11.4. The van der Waals surface area contributed by atoms with Crippen molar-refractivity contribution in [3.63, 3.8) is 0 Å². The average Bonchev–Trinajstić information content (AvgIpc) is 3.86. The highest BCUT2D eigenvalue weighted by atomic mass is 31.2. The maximum Gasteiger partial charge on any atom is 0.509 e. The summed E-state index contributed by atoms with van der Waals surface area (Å²) in [7, 11) is 9.52. The molecule has 0 amide bonds. The molecule has 4 heterocycles. The van der Waals surface area contributed by atoms with Crippen LogP contribution in [-0.4, -0.2) is 151 Å². The molecule has 2 N–H and O–H groups in total. The Bertz CT molecular complexity index is 1590.